The third kappa shape index (κ3) is 10.7. The first-order valence-corrected chi connectivity index (χ1v) is 11.1. The van der Waals surface area contributed by atoms with Crippen molar-refractivity contribution in [2.24, 2.45) is 0 Å². The average Bonchev–Trinajstić information content (AvgIpc) is 2.91. The molecule has 0 spiro atoms. The smallest absolute Gasteiger partial charge is 0.407 e. The molecule has 10 nitrogen and oxygen atoms in total. The molecule has 34 heavy (non-hydrogen) atoms. The van der Waals surface area contributed by atoms with Crippen molar-refractivity contribution in [3.8, 4) is 0 Å². The number of carboxylic acids is 1. The van der Waals surface area contributed by atoms with Crippen LogP contribution in [0.4, 0.5) is 4.79 Å². The van der Waals surface area contributed by atoms with Gasteiger partial charge in [0.05, 0.1) is 13.0 Å². The number of carbonyl (C=O) groups excluding carboxylic acids is 3. The summed E-state index contributed by atoms with van der Waals surface area (Å²) in [5.41, 5.74) is -1.36. The van der Waals surface area contributed by atoms with Crippen molar-refractivity contribution in [2.75, 3.05) is 0 Å². The van der Waals surface area contributed by atoms with Crippen molar-refractivity contribution in [3.05, 3.63) is 22.5 Å². The molecule has 0 atom stereocenters. The van der Waals surface area contributed by atoms with E-state index in [4.69, 9.17) is 14.2 Å². The van der Waals surface area contributed by atoms with Crippen LogP contribution in [0, 0.1) is 0 Å². The summed E-state index contributed by atoms with van der Waals surface area (Å²) >= 11 is 0. The molecule has 192 valence electrons. The number of aromatic amines is 1. The lowest BCUT2D eigenvalue weighted by atomic mass is 10.00. The second-order valence-electron chi connectivity index (χ2n) is 10.9. The SMILES string of the molecule is CC(C)(C)OC(=O)CCc1c(C(=O)O)[nH]c(CNC(=O)OC(C)(C)C)c1CC(=O)OC(C)(C)C. The van der Waals surface area contributed by atoms with E-state index in [1.54, 1.807) is 62.3 Å². The van der Waals surface area contributed by atoms with Gasteiger partial charge in [0.15, 0.2) is 0 Å². The number of ether oxygens (including phenoxy) is 3. The number of hydrogen-bond acceptors (Lipinski definition) is 7. The Hall–Kier alpha value is -3.04. The molecule has 10 heteroatoms. The number of alkyl carbamates (subject to hydrolysis) is 1. The van der Waals surface area contributed by atoms with Crippen LogP contribution in [-0.2, 0) is 43.2 Å². The third-order valence-corrected chi connectivity index (χ3v) is 4.07. The summed E-state index contributed by atoms with van der Waals surface area (Å²) in [4.78, 5) is 51.6. The van der Waals surface area contributed by atoms with Crippen molar-refractivity contribution < 1.29 is 38.5 Å². The molecule has 0 unspecified atom stereocenters. The Balaban J connectivity index is 3.27. The zero-order valence-electron chi connectivity index (χ0n) is 21.6. The number of nitrogens with one attached hydrogen (secondary N) is 2. The second-order valence-corrected chi connectivity index (χ2v) is 10.9. The van der Waals surface area contributed by atoms with Gasteiger partial charge < -0.3 is 29.6 Å². The molecule has 0 bridgehead atoms. The largest absolute Gasteiger partial charge is 0.477 e. The maximum absolute atomic E-state index is 12.6. The molecule has 1 aromatic rings. The van der Waals surface area contributed by atoms with Crippen molar-refractivity contribution in [2.45, 2.75) is 105 Å². The molecule has 0 aliphatic carbocycles. The van der Waals surface area contributed by atoms with Gasteiger partial charge in [-0.15, -0.1) is 0 Å². The minimum Gasteiger partial charge on any atom is -0.477 e. The lowest BCUT2D eigenvalue weighted by molar-refractivity contribution is -0.155. The number of amides is 1. The summed E-state index contributed by atoms with van der Waals surface area (Å²) in [6.45, 7) is 15.4. The van der Waals surface area contributed by atoms with Crippen LogP contribution in [0.2, 0.25) is 0 Å². The fourth-order valence-corrected chi connectivity index (χ4v) is 3.07. The number of carboxylic acid groups (broad SMARTS) is 1. The number of carbonyl (C=O) groups is 4. The highest BCUT2D eigenvalue weighted by Gasteiger charge is 2.27. The first-order chi connectivity index (χ1) is 15.3. The van der Waals surface area contributed by atoms with Crippen LogP contribution in [0.5, 0.6) is 0 Å². The van der Waals surface area contributed by atoms with Gasteiger partial charge in [-0.2, -0.15) is 0 Å². The molecule has 1 amide bonds. The van der Waals surface area contributed by atoms with Gasteiger partial charge in [-0.25, -0.2) is 9.59 Å². The number of rotatable bonds is 8. The van der Waals surface area contributed by atoms with Crippen molar-refractivity contribution in [1.82, 2.24) is 10.3 Å². The maximum Gasteiger partial charge on any atom is 0.407 e. The number of hydrogen-bond donors (Lipinski definition) is 3. The van der Waals surface area contributed by atoms with Crippen LogP contribution in [0.3, 0.4) is 0 Å². The van der Waals surface area contributed by atoms with Gasteiger partial charge in [0, 0.05) is 12.1 Å². The zero-order chi connectivity index (χ0) is 26.5. The lowest BCUT2D eigenvalue weighted by Gasteiger charge is -2.21. The molecule has 0 radical (unpaired) electrons. The number of aromatic carboxylic acids is 1. The fourth-order valence-electron chi connectivity index (χ4n) is 3.07. The molecule has 0 aliphatic heterocycles. The molecule has 0 saturated carbocycles. The molecule has 0 fully saturated rings. The minimum absolute atomic E-state index is 0.0254. The van der Waals surface area contributed by atoms with Crippen molar-refractivity contribution in [1.29, 1.82) is 0 Å². The van der Waals surface area contributed by atoms with Gasteiger partial charge in [0.25, 0.3) is 0 Å². The number of esters is 2. The fraction of sp³-hybridized carbons (Fsp3) is 0.667. The molecule has 1 aromatic heterocycles. The van der Waals surface area contributed by atoms with E-state index >= 15 is 0 Å². The summed E-state index contributed by atoms with van der Waals surface area (Å²) in [5, 5.41) is 12.3. The van der Waals surface area contributed by atoms with Gasteiger partial charge >= 0.3 is 24.0 Å². The van der Waals surface area contributed by atoms with Crippen LogP contribution in [0.1, 0.15) is 96.0 Å². The standard InChI is InChI=1S/C24H38N2O8/c1-22(2,3)32-17(27)11-10-14-15(12-18(28)33-23(4,5)6)16(26-19(14)20(29)30)13-25-21(31)34-24(7,8)9/h26H,10-13H2,1-9H3,(H,25,31)(H,29,30). The Morgan fingerprint density at radius 2 is 1.29 bits per heavy atom. The molecule has 1 heterocycles. The van der Waals surface area contributed by atoms with E-state index in [2.05, 4.69) is 10.3 Å². The lowest BCUT2D eigenvalue weighted by Crippen LogP contribution is -2.32. The Morgan fingerprint density at radius 1 is 0.794 bits per heavy atom. The molecular formula is C24H38N2O8. The Labute approximate surface area is 200 Å². The van der Waals surface area contributed by atoms with Gasteiger partial charge in [0.2, 0.25) is 0 Å². The normalized spacial score (nSPS) is 12.1. The van der Waals surface area contributed by atoms with E-state index < -0.39 is 40.8 Å². The Morgan fingerprint density at radius 3 is 1.76 bits per heavy atom. The molecule has 0 aliphatic rings. The highest BCUT2D eigenvalue weighted by Crippen LogP contribution is 2.24. The summed E-state index contributed by atoms with van der Waals surface area (Å²) < 4.78 is 15.9. The predicted octanol–water partition coefficient (Wildman–Crippen LogP) is 3.90. The first kappa shape index (κ1) is 29.0. The van der Waals surface area contributed by atoms with E-state index in [1.807, 2.05) is 0 Å². The molecule has 0 aromatic carbocycles. The Kier molecular flexibility index (Phi) is 9.32. The third-order valence-electron chi connectivity index (χ3n) is 4.07. The van der Waals surface area contributed by atoms with Gasteiger partial charge in [-0.1, -0.05) is 0 Å². The zero-order valence-corrected chi connectivity index (χ0v) is 21.6. The molecular weight excluding hydrogens is 444 g/mol. The van der Waals surface area contributed by atoms with E-state index in [0.717, 1.165) is 0 Å². The van der Waals surface area contributed by atoms with Gasteiger partial charge in [-0.05, 0) is 79.9 Å². The van der Waals surface area contributed by atoms with E-state index in [9.17, 15) is 24.3 Å². The first-order valence-electron chi connectivity index (χ1n) is 11.1. The van der Waals surface area contributed by atoms with Crippen LogP contribution < -0.4 is 5.32 Å². The maximum atomic E-state index is 12.6. The van der Waals surface area contributed by atoms with E-state index in [-0.39, 0.29) is 37.1 Å². The summed E-state index contributed by atoms with van der Waals surface area (Å²) in [6, 6.07) is 0. The average molecular weight is 483 g/mol. The van der Waals surface area contributed by atoms with Gasteiger partial charge in [0.1, 0.15) is 22.5 Å². The number of H-pyrrole nitrogens is 1. The highest BCUT2D eigenvalue weighted by molar-refractivity contribution is 5.89. The van der Waals surface area contributed by atoms with E-state index in [0.29, 0.717) is 11.3 Å². The predicted molar refractivity (Wildman–Crippen MR) is 125 cm³/mol. The van der Waals surface area contributed by atoms with Crippen LogP contribution in [-0.4, -0.2) is 50.9 Å². The monoisotopic (exact) mass is 482 g/mol. The summed E-state index contributed by atoms with van der Waals surface area (Å²) in [5.74, 6) is -2.32. The minimum atomic E-state index is -1.26. The molecule has 3 N–H and O–H groups in total. The van der Waals surface area contributed by atoms with Crippen LogP contribution in [0.15, 0.2) is 0 Å². The Bertz CT molecular complexity index is 911. The quantitative estimate of drug-likeness (QED) is 0.374. The summed E-state index contributed by atoms with van der Waals surface area (Å²) in [7, 11) is 0. The molecule has 0 saturated heterocycles. The van der Waals surface area contributed by atoms with Crippen molar-refractivity contribution >= 4 is 24.0 Å². The van der Waals surface area contributed by atoms with Gasteiger partial charge in [-0.3, -0.25) is 9.59 Å². The topological polar surface area (TPSA) is 144 Å². The van der Waals surface area contributed by atoms with Crippen LogP contribution >= 0.6 is 0 Å². The summed E-state index contributed by atoms with van der Waals surface area (Å²) in [6.07, 6.45) is -0.999. The molecule has 1 rings (SSSR count). The van der Waals surface area contributed by atoms with E-state index in [1.165, 1.54) is 0 Å². The van der Waals surface area contributed by atoms with Crippen molar-refractivity contribution in [3.63, 3.8) is 0 Å². The highest BCUT2D eigenvalue weighted by atomic mass is 16.6. The second kappa shape index (κ2) is 10.9. The number of aromatic nitrogens is 1. The van der Waals surface area contributed by atoms with Crippen LogP contribution in [0.25, 0.3) is 0 Å².